The maximum absolute atomic E-state index is 14.5. The van der Waals surface area contributed by atoms with Gasteiger partial charge in [0, 0.05) is 43.6 Å². The van der Waals surface area contributed by atoms with Crippen LogP contribution in [-0.4, -0.2) is 50.4 Å². The first-order valence-electron chi connectivity index (χ1n) is 10.5. The molecule has 3 aromatic rings. The van der Waals surface area contributed by atoms with Crippen molar-refractivity contribution in [2.75, 3.05) is 50.6 Å². The van der Waals surface area contributed by atoms with Gasteiger partial charge >= 0.3 is 0 Å². The van der Waals surface area contributed by atoms with E-state index in [1.807, 2.05) is 12.1 Å². The molecule has 2 N–H and O–H groups in total. The van der Waals surface area contributed by atoms with E-state index >= 15 is 0 Å². The lowest BCUT2D eigenvalue weighted by Gasteiger charge is -2.29. The first-order valence-corrected chi connectivity index (χ1v) is 10.5. The Morgan fingerprint density at radius 3 is 2.15 bits per heavy atom. The average molecular weight is 457 g/mol. The zero-order valence-corrected chi connectivity index (χ0v) is 18.4. The van der Waals surface area contributed by atoms with Crippen LogP contribution in [0, 0.1) is 11.6 Å². The number of hydrogen-bond donors (Lipinski definition) is 2. The minimum atomic E-state index is -0.848. The molecule has 1 aliphatic heterocycles. The molecular formula is C23H25F2N5O3. The summed E-state index contributed by atoms with van der Waals surface area (Å²) in [5.41, 5.74) is 1.70. The first-order chi connectivity index (χ1) is 16.1. The Morgan fingerprint density at radius 2 is 1.58 bits per heavy atom. The molecular weight excluding hydrogens is 432 g/mol. The van der Waals surface area contributed by atoms with Gasteiger partial charge in [-0.25, -0.2) is 18.7 Å². The van der Waals surface area contributed by atoms with Gasteiger partial charge in [-0.05, 0) is 24.3 Å². The summed E-state index contributed by atoms with van der Waals surface area (Å²) in [4.78, 5) is 10.7. The van der Waals surface area contributed by atoms with Crippen molar-refractivity contribution in [3.05, 3.63) is 59.9 Å². The van der Waals surface area contributed by atoms with Gasteiger partial charge in [0.1, 0.15) is 6.61 Å². The summed E-state index contributed by atoms with van der Waals surface area (Å²) in [5.74, 6) is -1.33. The molecule has 2 aromatic carbocycles. The van der Waals surface area contributed by atoms with Gasteiger partial charge in [0.25, 0.3) is 0 Å². The lowest BCUT2D eigenvalue weighted by atomic mass is 10.1. The van der Waals surface area contributed by atoms with Crippen LogP contribution in [0.15, 0.2) is 42.7 Å². The summed E-state index contributed by atoms with van der Waals surface area (Å²) >= 11 is 0. The van der Waals surface area contributed by atoms with E-state index < -0.39 is 11.6 Å². The molecule has 4 rings (SSSR count). The van der Waals surface area contributed by atoms with Gasteiger partial charge < -0.3 is 29.7 Å². The third kappa shape index (κ3) is 5.23. The number of nitrogens with zero attached hydrogens (tertiary/aromatic N) is 3. The Kier molecular flexibility index (Phi) is 7.04. The maximum atomic E-state index is 14.5. The van der Waals surface area contributed by atoms with Crippen molar-refractivity contribution in [2.24, 2.45) is 0 Å². The SMILES string of the molecule is COc1cc(OC)c(F)c(COc2cnc(Nc3ccc(N4CCNCC4)cc3)nc2)c1F. The van der Waals surface area contributed by atoms with E-state index in [4.69, 9.17) is 14.2 Å². The normalized spacial score (nSPS) is 13.5. The van der Waals surface area contributed by atoms with Gasteiger partial charge in [-0.15, -0.1) is 0 Å². The molecule has 2 heterocycles. The summed E-state index contributed by atoms with van der Waals surface area (Å²) in [5, 5.41) is 6.46. The molecule has 0 atom stereocenters. The molecule has 1 aromatic heterocycles. The molecule has 0 aliphatic carbocycles. The lowest BCUT2D eigenvalue weighted by molar-refractivity contribution is 0.280. The Morgan fingerprint density at radius 1 is 0.970 bits per heavy atom. The number of rotatable bonds is 8. The zero-order valence-electron chi connectivity index (χ0n) is 18.4. The van der Waals surface area contributed by atoms with Gasteiger partial charge in [-0.1, -0.05) is 0 Å². The van der Waals surface area contributed by atoms with Crippen molar-refractivity contribution in [3.63, 3.8) is 0 Å². The summed E-state index contributed by atoms with van der Waals surface area (Å²) in [6, 6.07) is 9.18. The second-order valence-electron chi connectivity index (χ2n) is 7.33. The van der Waals surface area contributed by atoms with E-state index in [2.05, 4.69) is 37.6 Å². The highest BCUT2D eigenvalue weighted by atomic mass is 19.1. The van der Waals surface area contributed by atoms with Crippen LogP contribution in [-0.2, 0) is 6.61 Å². The van der Waals surface area contributed by atoms with E-state index in [0.29, 0.717) is 5.95 Å². The summed E-state index contributed by atoms with van der Waals surface area (Å²) < 4.78 is 44.3. The number of hydrogen-bond acceptors (Lipinski definition) is 8. The molecule has 0 amide bonds. The van der Waals surface area contributed by atoms with Crippen molar-refractivity contribution < 1.29 is 23.0 Å². The molecule has 1 saturated heterocycles. The molecule has 8 nitrogen and oxygen atoms in total. The lowest BCUT2D eigenvalue weighted by Crippen LogP contribution is -2.43. The average Bonchev–Trinajstić information content (AvgIpc) is 2.86. The highest BCUT2D eigenvalue weighted by molar-refractivity contribution is 5.59. The highest BCUT2D eigenvalue weighted by Crippen LogP contribution is 2.32. The van der Waals surface area contributed by atoms with Crippen molar-refractivity contribution in [1.82, 2.24) is 15.3 Å². The first kappa shape index (κ1) is 22.5. The predicted octanol–water partition coefficient (Wildman–Crippen LogP) is 3.50. The van der Waals surface area contributed by atoms with E-state index in [1.165, 1.54) is 32.3 Å². The van der Waals surface area contributed by atoms with Gasteiger partial charge in [-0.3, -0.25) is 0 Å². The summed E-state index contributed by atoms with van der Waals surface area (Å²) in [7, 11) is 2.58. The van der Waals surface area contributed by atoms with E-state index in [0.717, 1.165) is 37.9 Å². The van der Waals surface area contributed by atoms with Crippen LogP contribution < -0.4 is 29.7 Å². The number of benzene rings is 2. The van der Waals surface area contributed by atoms with E-state index in [9.17, 15) is 8.78 Å². The van der Waals surface area contributed by atoms with E-state index in [1.54, 1.807) is 0 Å². The Bertz CT molecular complexity index is 1050. The number of anilines is 3. The van der Waals surface area contributed by atoms with Crippen LogP contribution in [0.5, 0.6) is 17.2 Å². The molecule has 174 valence electrons. The monoisotopic (exact) mass is 457 g/mol. The molecule has 0 spiro atoms. The van der Waals surface area contributed by atoms with Crippen LogP contribution in [0.1, 0.15) is 5.56 Å². The second-order valence-corrected chi connectivity index (χ2v) is 7.33. The second kappa shape index (κ2) is 10.3. The topological polar surface area (TPSA) is 80.8 Å². The van der Waals surface area contributed by atoms with Gasteiger partial charge in [0.2, 0.25) is 5.95 Å². The van der Waals surface area contributed by atoms with E-state index in [-0.39, 0.29) is 29.4 Å². The molecule has 33 heavy (non-hydrogen) atoms. The summed E-state index contributed by atoms with van der Waals surface area (Å²) in [6.07, 6.45) is 2.86. The molecule has 0 unspecified atom stereocenters. The van der Waals surface area contributed by atoms with Gasteiger partial charge in [0.05, 0.1) is 32.2 Å². The van der Waals surface area contributed by atoms with Crippen molar-refractivity contribution in [3.8, 4) is 17.2 Å². The minimum Gasteiger partial charge on any atom is -0.494 e. The van der Waals surface area contributed by atoms with Crippen molar-refractivity contribution in [1.29, 1.82) is 0 Å². The third-order valence-corrected chi connectivity index (χ3v) is 5.28. The van der Waals surface area contributed by atoms with Gasteiger partial charge in [0.15, 0.2) is 28.9 Å². The van der Waals surface area contributed by atoms with Crippen molar-refractivity contribution >= 4 is 17.3 Å². The number of nitrogens with one attached hydrogen (secondary N) is 2. The molecule has 0 saturated carbocycles. The van der Waals surface area contributed by atoms with Gasteiger partial charge in [-0.2, -0.15) is 0 Å². The number of piperazine rings is 1. The molecule has 1 fully saturated rings. The van der Waals surface area contributed by atoms with Crippen LogP contribution in [0.2, 0.25) is 0 Å². The quantitative estimate of drug-likeness (QED) is 0.532. The van der Waals surface area contributed by atoms with Crippen LogP contribution >= 0.6 is 0 Å². The number of halogens is 2. The van der Waals surface area contributed by atoms with Crippen LogP contribution in [0.4, 0.5) is 26.1 Å². The van der Waals surface area contributed by atoms with Crippen molar-refractivity contribution in [2.45, 2.75) is 6.61 Å². The molecule has 1 aliphatic rings. The predicted molar refractivity (Wildman–Crippen MR) is 121 cm³/mol. The molecule has 0 radical (unpaired) electrons. The minimum absolute atomic E-state index is 0.134. The fourth-order valence-corrected chi connectivity index (χ4v) is 3.48. The third-order valence-electron chi connectivity index (χ3n) is 5.28. The fraction of sp³-hybridized carbons (Fsp3) is 0.304. The fourth-order valence-electron chi connectivity index (χ4n) is 3.48. The highest BCUT2D eigenvalue weighted by Gasteiger charge is 2.20. The molecule has 10 heteroatoms. The number of aromatic nitrogens is 2. The summed E-state index contributed by atoms with van der Waals surface area (Å²) in [6.45, 7) is 3.54. The van der Waals surface area contributed by atoms with Crippen LogP contribution in [0.25, 0.3) is 0 Å². The Balaban J connectivity index is 1.38. The molecule has 0 bridgehead atoms. The van der Waals surface area contributed by atoms with Crippen LogP contribution in [0.3, 0.4) is 0 Å². The number of methoxy groups -OCH3 is 2. The largest absolute Gasteiger partial charge is 0.494 e. The maximum Gasteiger partial charge on any atom is 0.227 e. The number of ether oxygens (including phenoxy) is 3. The Hall–Kier alpha value is -3.66. The Labute approximate surface area is 190 Å². The zero-order chi connectivity index (χ0) is 23.2. The smallest absolute Gasteiger partial charge is 0.227 e. The standard InChI is InChI=1S/C23H25F2N5O3/c1-31-19-11-20(32-2)22(25)18(21(19)24)14-33-17-12-27-23(28-13-17)29-15-3-5-16(6-4-15)30-9-7-26-8-10-30/h3-6,11-13,26H,7-10,14H2,1-2H3,(H,27,28,29).